The van der Waals surface area contributed by atoms with Crippen LogP contribution in [0.25, 0.3) is 22.8 Å². The molecule has 0 saturated carbocycles. The Balaban J connectivity index is 1.82. The summed E-state index contributed by atoms with van der Waals surface area (Å²) in [7, 11) is 0. The molecule has 0 radical (unpaired) electrons. The largest absolute Gasteiger partial charge is 0.334 e. The molecule has 25 heavy (non-hydrogen) atoms. The van der Waals surface area contributed by atoms with Gasteiger partial charge in [0, 0.05) is 24.4 Å². The molecular weight excluding hydrogens is 316 g/mol. The molecule has 2 aromatic heterocycles. The lowest BCUT2D eigenvalue weighted by Crippen LogP contribution is -2.12. The van der Waals surface area contributed by atoms with Gasteiger partial charge in [0.15, 0.2) is 0 Å². The second-order valence-corrected chi connectivity index (χ2v) is 6.19. The Bertz CT molecular complexity index is 843. The summed E-state index contributed by atoms with van der Waals surface area (Å²) in [5.74, 6) is 1.32. The van der Waals surface area contributed by atoms with Gasteiger partial charge in [0.25, 0.3) is 5.89 Å². The third kappa shape index (κ3) is 4.29. The van der Waals surface area contributed by atoms with Crippen molar-refractivity contribution in [3.8, 4) is 22.8 Å². The molecule has 0 unspecified atom stereocenters. The molecule has 0 saturated heterocycles. The van der Waals surface area contributed by atoms with Crippen molar-refractivity contribution < 1.29 is 9.32 Å². The first-order valence-electron chi connectivity index (χ1n) is 8.27. The summed E-state index contributed by atoms with van der Waals surface area (Å²) in [5.41, 5.74) is 2.19. The Morgan fingerprint density at radius 2 is 1.92 bits per heavy atom. The van der Waals surface area contributed by atoms with Crippen LogP contribution < -0.4 is 5.32 Å². The normalized spacial score (nSPS) is 10.8. The van der Waals surface area contributed by atoms with E-state index in [1.165, 1.54) is 0 Å². The number of nitrogens with zero attached hydrogens (tertiary/aromatic N) is 3. The van der Waals surface area contributed by atoms with Crippen LogP contribution in [0.4, 0.5) is 5.69 Å². The monoisotopic (exact) mass is 336 g/mol. The van der Waals surface area contributed by atoms with E-state index < -0.39 is 0 Å². The van der Waals surface area contributed by atoms with E-state index >= 15 is 0 Å². The van der Waals surface area contributed by atoms with Gasteiger partial charge in [-0.05, 0) is 36.6 Å². The first-order chi connectivity index (χ1) is 12.1. The highest BCUT2D eigenvalue weighted by molar-refractivity contribution is 5.94. The Morgan fingerprint density at radius 3 is 2.68 bits per heavy atom. The molecule has 0 spiro atoms. The van der Waals surface area contributed by atoms with E-state index in [4.69, 9.17) is 4.52 Å². The Hall–Kier alpha value is -3.02. The van der Waals surface area contributed by atoms with Gasteiger partial charge in [-0.25, -0.2) is 0 Å². The van der Waals surface area contributed by atoms with E-state index in [0.717, 1.165) is 12.0 Å². The van der Waals surface area contributed by atoms with Crippen molar-refractivity contribution in [2.45, 2.75) is 26.7 Å². The highest BCUT2D eigenvalue weighted by Crippen LogP contribution is 2.28. The van der Waals surface area contributed by atoms with E-state index in [1.54, 1.807) is 12.4 Å². The zero-order valence-electron chi connectivity index (χ0n) is 14.3. The third-order valence-corrected chi connectivity index (χ3v) is 3.74. The molecule has 1 amide bonds. The summed E-state index contributed by atoms with van der Waals surface area (Å²) < 4.78 is 5.39. The molecule has 1 aromatic carbocycles. The zero-order valence-corrected chi connectivity index (χ0v) is 14.3. The van der Waals surface area contributed by atoms with Crippen LogP contribution in [0.2, 0.25) is 0 Å². The second-order valence-electron chi connectivity index (χ2n) is 6.19. The minimum absolute atomic E-state index is 0.0185. The predicted octanol–water partition coefficient (Wildman–Crippen LogP) is 4.17. The Kier molecular flexibility index (Phi) is 5.18. The number of carbonyl (C=O) groups is 1. The summed E-state index contributed by atoms with van der Waals surface area (Å²) in [6.07, 6.45) is 4.68. The van der Waals surface area contributed by atoms with Crippen LogP contribution in [-0.2, 0) is 4.79 Å². The van der Waals surface area contributed by atoms with Gasteiger partial charge in [-0.1, -0.05) is 31.1 Å². The van der Waals surface area contributed by atoms with Gasteiger partial charge in [-0.15, -0.1) is 0 Å². The standard InChI is InChI=1S/C19H20N4O2/c1-13(2)7-8-17(24)21-16-6-4-3-5-15(16)19-22-18(23-25-19)14-9-11-20-12-10-14/h3-6,9-13H,7-8H2,1-2H3,(H,21,24). The third-order valence-electron chi connectivity index (χ3n) is 3.74. The zero-order chi connectivity index (χ0) is 17.6. The minimum Gasteiger partial charge on any atom is -0.334 e. The van der Waals surface area contributed by atoms with E-state index in [0.29, 0.717) is 35.3 Å². The molecule has 3 aromatic rings. The molecule has 0 atom stereocenters. The smallest absolute Gasteiger partial charge is 0.260 e. The molecular formula is C19H20N4O2. The molecule has 1 N–H and O–H groups in total. The van der Waals surface area contributed by atoms with Gasteiger partial charge in [0.1, 0.15) is 0 Å². The van der Waals surface area contributed by atoms with Crippen LogP contribution in [0.1, 0.15) is 26.7 Å². The minimum atomic E-state index is -0.0185. The molecule has 6 nitrogen and oxygen atoms in total. The van der Waals surface area contributed by atoms with E-state index in [2.05, 4.69) is 34.3 Å². The maximum Gasteiger partial charge on any atom is 0.260 e. The number of aromatic nitrogens is 3. The summed E-state index contributed by atoms with van der Waals surface area (Å²) >= 11 is 0. The summed E-state index contributed by atoms with van der Waals surface area (Å²) in [5, 5.41) is 6.95. The molecule has 0 bridgehead atoms. The number of amides is 1. The van der Waals surface area contributed by atoms with Crippen molar-refractivity contribution in [1.82, 2.24) is 15.1 Å². The number of hydrogen-bond acceptors (Lipinski definition) is 5. The number of nitrogens with one attached hydrogen (secondary N) is 1. The topological polar surface area (TPSA) is 80.9 Å². The molecule has 2 heterocycles. The second kappa shape index (κ2) is 7.70. The number of rotatable bonds is 6. The molecule has 3 rings (SSSR count). The van der Waals surface area contributed by atoms with Crippen molar-refractivity contribution in [3.63, 3.8) is 0 Å². The van der Waals surface area contributed by atoms with Crippen molar-refractivity contribution in [2.24, 2.45) is 5.92 Å². The van der Waals surface area contributed by atoms with Crippen LogP contribution in [0.3, 0.4) is 0 Å². The average molecular weight is 336 g/mol. The van der Waals surface area contributed by atoms with Gasteiger partial charge >= 0.3 is 0 Å². The molecule has 0 aliphatic heterocycles. The SMILES string of the molecule is CC(C)CCC(=O)Nc1ccccc1-c1nc(-c2ccncc2)no1. The van der Waals surface area contributed by atoms with Gasteiger partial charge in [0.05, 0.1) is 11.3 Å². The molecule has 128 valence electrons. The number of benzene rings is 1. The molecule has 0 aliphatic rings. The lowest BCUT2D eigenvalue weighted by atomic mass is 10.1. The van der Waals surface area contributed by atoms with Crippen molar-refractivity contribution in [1.29, 1.82) is 0 Å². The van der Waals surface area contributed by atoms with Crippen LogP contribution in [0.5, 0.6) is 0 Å². The maximum absolute atomic E-state index is 12.1. The van der Waals surface area contributed by atoms with Gasteiger partial charge in [-0.2, -0.15) is 4.98 Å². The molecule has 6 heteroatoms. The Labute approximate surface area is 146 Å². The van der Waals surface area contributed by atoms with Gasteiger partial charge in [-0.3, -0.25) is 9.78 Å². The predicted molar refractivity (Wildman–Crippen MR) is 95.7 cm³/mol. The lowest BCUT2D eigenvalue weighted by molar-refractivity contribution is -0.116. The van der Waals surface area contributed by atoms with E-state index in [-0.39, 0.29) is 5.91 Å². The number of carbonyl (C=O) groups excluding carboxylic acids is 1. The van der Waals surface area contributed by atoms with Crippen molar-refractivity contribution >= 4 is 11.6 Å². The Morgan fingerprint density at radius 1 is 1.16 bits per heavy atom. The average Bonchev–Trinajstić information content (AvgIpc) is 3.11. The van der Waals surface area contributed by atoms with Crippen molar-refractivity contribution in [3.05, 3.63) is 48.8 Å². The fourth-order valence-corrected chi connectivity index (χ4v) is 2.36. The number of para-hydroxylation sites is 1. The lowest BCUT2D eigenvalue weighted by Gasteiger charge is -2.09. The number of hydrogen-bond donors (Lipinski definition) is 1. The fraction of sp³-hybridized carbons (Fsp3) is 0.263. The first kappa shape index (κ1) is 16.8. The van der Waals surface area contributed by atoms with Crippen LogP contribution in [0, 0.1) is 5.92 Å². The number of pyridine rings is 1. The van der Waals surface area contributed by atoms with Crippen LogP contribution in [-0.4, -0.2) is 21.0 Å². The summed E-state index contributed by atoms with van der Waals surface area (Å²) in [4.78, 5) is 20.6. The fourth-order valence-electron chi connectivity index (χ4n) is 2.36. The van der Waals surface area contributed by atoms with Crippen LogP contribution in [0.15, 0.2) is 53.3 Å². The van der Waals surface area contributed by atoms with Gasteiger partial charge in [0.2, 0.25) is 11.7 Å². The van der Waals surface area contributed by atoms with Crippen molar-refractivity contribution in [2.75, 3.05) is 5.32 Å². The van der Waals surface area contributed by atoms with Crippen LogP contribution >= 0.6 is 0 Å². The van der Waals surface area contributed by atoms with Gasteiger partial charge < -0.3 is 9.84 Å². The molecule has 0 aliphatic carbocycles. The number of anilines is 1. The summed E-state index contributed by atoms with van der Waals surface area (Å²) in [6, 6.07) is 11.0. The maximum atomic E-state index is 12.1. The highest BCUT2D eigenvalue weighted by atomic mass is 16.5. The van der Waals surface area contributed by atoms with E-state index in [9.17, 15) is 4.79 Å². The highest BCUT2D eigenvalue weighted by Gasteiger charge is 2.15. The molecule has 0 fully saturated rings. The van der Waals surface area contributed by atoms with E-state index in [1.807, 2.05) is 36.4 Å². The first-order valence-corrected chi connectivity index (χ1v) is 8.27. The summed E-state index contributed by atoms with van der Waals surface area (Å²) in [6.45, 7) is 4.20. The quantitative estimate of drug-likeness (QED) is 0.730.